The van der Waals surface area contributed by atoms with E-state index >= 15 is 0 Å². The highest BCUT2D eigenvalue weighted by molar-refractivity contribution is 5.80. The molecule has 0 aliphatic heterocycles. The molecule has 2 N–H and O–H groups in total. The fourth-order valence-electron chi connectivity index (χ4n) is 2.51. The molecule has 0 bridgehead atoms. The minimum atomic E-state index is -0.225. The molecule has 0 radical (unpaired) electrons. The number of nitriles is 1. The summed E-state index contributed by atoms with van der Waals surface area (Å²) in [6.07, 6.45) is 5.01. The lowest BCUT2D eigenvalue weighted by Gasteiger charge is -2.15. The number of nitrogens with two attached hydrogens (primary N) is 1. The molecule has 1 heterocycles. The van der Waals surface area contributed by atoms with Crippen molar-refractivity contribution in [2.75, 3.05) is 6.54 Å². The van der Waals surface area contributed by atoms with Crippen LogP contribution in [0.25, 0.3) is 10.9 Å². The van der Waals surface area contributed by atoms with Gasteiger partial charge in [-0.05, 0) is 68.8 Å². The highest BCUT2D eigenvalue weighted by Crippen LogP contribution is 2.23. The molecule has 0 aliphatic carbocycles. The van der Waals surface area contributed by atoms with Crippen LogP contribution in [0.1, 0.15) is 32.3 Å². The van der Waals surface area contributed by atoms with Gasteiger partial charge in [-0.15, -0.1) is 0 Å². The molecule has 3 heteroatoms. The molecule has 2 aromatic rings. The van der Waals surface area contributed by atoms with Crippen LogP contribution in [0.15, 0.2) is 30.5 Å². The van der Waals surface area contributed by atoms with Crippen LogP contribution in [0.3, 0.4) is 0 Å². The first kappa shape index (κ1) is 14.6. The van der Waals surface area contributed by atoms with Gasteiger partial charge in [-0.3, -0.25) is 0 Å². The van der Waals surface area contributed by atoms with Gasteiger partial charge in [-0.2, -0.15) is 5.26 Å². The van der Waals surface area contributed by atoms with Crippen molar-refractivity contribution in [1.82, 2.24) is 4.57 Å². The molecule has 0 amide bonds. The normalized spacial score (nSPS) is 11.7. The fourth-order valence-corrected chi connectivity index (χ4v) is 2.51. The Morgan fingerprint density at radius 3 is 2.80 bits per heavy atom. The third kappa shape index (κ3) is 3.40. The van der Waals surface area contributed by atoms with E-state index < -0.39 is 0 Å². The van der Waals surface area contributed by atoms with E-state index in [4.69, 9.17) is 11.0 Å². The van der Waals surface area contributed by atoms with E-state index in [2.05, 4.69) is 41.1 Å². The number of aryl methyl sites for hydroxylation is 1. The lowest BCUT2D eigenvalue weighted by Crippen LogP contribution is -2.09. The summed E-state index contributed by atoms with van der Waals surface area (Å²) in [6, 6.07) is 11.1. The van der Waals surface area contributed by atoms with Crippen LogP contribution in [-0.4, -0.2) is 11.1 Å². The first-order valence-corrected chi connectivity index (χ1v) is 7.25. The molecule has 0 saturated heterocycles. The molecule has 0 atom stereocenters. The minimum absolute atomic E-state index is 0.225. The van der Waals surface area contributed by atoms with Crippen molar-refractivity contribution >= 4 is 10.9 Å². The Balaban J connectivity index is 2.06. The largest absolute Gasteiger partial charge is 0.347 e. The van der Waals surface area contributed by atoms with E-state index in [1.165, 1.54) is 16.5 Å². The number of fused-ring (bicyclic) bond motifs is 1. The van der Waals surface area contributed by atoms with E-state index in [0.717, 1.165) is 25.8 Å². The topological polar surface area (TPSA) is 54.7 Å². The molecule has 2 rings (SSSR count). The van der Waals surface area contributed by atoms with Crippen molar-refractivity contribution in [1.29, 1.82) is 5.26 Å². The predicted octanol–water partition coefficient (Wildman–Crippen LogP) is 3.47. The fraction of sp³-hybridized carbons (Fsp3) is 0.471. The lowest BCUT2D eigenvalue weighted by atomic mass is 9.90. The van der Waals surface area contributed by atoms with E-state index in [-0.39, 0.29) is 5.41 Å². The van der Waals surface area contributed by atoms with Crippen molar-refractivity contribution in [3.63, 3.8) is 0 Å². The maximum atomic E-state index is 9.04. The standard InChI is InChI=1S/C17H23N3/c1-17(2,13-19)8-3-10-20-11-7-15-12-14(6-9-18)4-5-16(15)20/h4-5,7,11-12H,3,6,8-10,18H2,1-2H3. The van der Waals surface area contributed by atoms with E-state index in [1.807, 2.05) is 13.8 Å². The molecule has 0 fully saturated rings. The second kappa shape index (κ2) is 6.11. The van der Waals surface area contributed by atoms with Gasteiger partial charge in [0.05, 0.1) is 11.5 Å². The monoisotopic (exact) mass is 269 g/mol. The maximum Gasteiger partial charge on any atom is 0.0683 e. The Bertz CT molecular complexity index is 617. The number of hydrogen-bond acceptors (Lipinski definition) is 2. The van der Waals surface area contributed by atoms with Crippen molar-refractivity contribution in [3.05, 3.63) is 36.0 Å². The second-order valence-electron chi connectivity index (χ2n) is 6.04. The van der Waals surface area contributed by atoms with Crippen LogP contribution in [0.4, 0.5) is 0 Å². The Morgan fingerprint density at radius 2 is 2.10 bits per heavy atom. The zero-order valence-electron chi connectivity index (χ0n) is 12.4. The molecule has 1 aromatic carbocycles. The van der Waals surface area contributed by atoms with Gasteiger partial charge >= 0.3 is 0 Å². The third-order valence-electron chi connectivity index (χ3n) is 3.77. The van der Waals surface area contributed by atoms with Gasteiger partial charge in [0.2, 0.25) is 0 Å². The third-order valence-corrected chi connectivity index (χ3v) is 3.77. The molecule has 0 unspecified atom stereocenters. The van der Waals surface area contributed by atoms with Gasteiger partial charge in [0, 0.05) is 18.3 Å². The molecule has 0 saturated carbocycles. The summed E-state index contributed by atoms with van der Waals surface area (Å²) in [4.78, 5) is 0. The Kier molecular flexibility index (Phi) is 4.46. The van der Waals surface area contributed by atoms with Gasteiger partial charge in [0.25, 0.3) is 0 Å². The number of hydrogen-bond donors (Lipinski definition) is 1. The maximum absolute atomic E-state index is 9.04. The van der Waals surface area contributed by atoms with Crippen LogP contribution < -0.4 is 5.73 Å². The highest BCUT2D eigenvalue weighted by atomic mass is 14.9. The molecule has 0 aliphatic rings. The van der Waals surface area contributed by atoms with Crippen molar-refractivity contribution in [2.24, 2.45) is 11.1 Å². The number of nitrogens with zero attached hydrogens (tertiary/aromatic N) is 2. The lowest BCUT2D eigenvalue weighted by molar-refractivity contribution is 0.418. The van der Waals surface area contributed by atoms with Crippen molar-refractivity contribution in [2.45, 2.75) is 39.7 Å². The number of aromatic nitrogens is 1. The molecule has 20 heavy (non-hydrogen) atoms. The average molecular weight is 269 g/mol. The zero-order valence-corrected chi connectivity index (χ0v) is 12.4. The predicted molar refractivity (Wildman–Crippen MR) is 83.3 cm³/mol. The summed E-state index contributed by atoms with van der Waals surface area (Å²) >= 11 is 0. The van der Waals surface area contributed by atoms with E-state index in [1.54, 1.807) is 0 Å². The summed E-state index contributed by atoms with van der Waals surface area (Å²) in [5.74, 6) is 0. The summed E-state index contributed by atoms with van der Waals surface area (Å²) in [7, 11) is 0. The molecular formula is C17H23N3. The van der Waals surface area contributed by atoms with Crippen LogP contribution in [-0.2, 0) is 13.0 Å². The highest BCUT2D eigenvalue weighted by Gasteiger charge is 2.15. The van der Waals surface area contributed by atoms with E-state index in [0.29, 0.717) is 6.54 Å². The van der Waals surface area contributed by atoms with Gasteiger partial charge in [0.1, 0.15) is 0 Å². The number of rotatable bonds is 6. The SMILES string of the molecule is CC(C)(C#N)CCCn1ccc2cc(CCN)ccc21. The Labute approximate surface area is 121 Å². The van der Waals surface area contributed by atoms with Gasteiger partial charge in [-0.25, -0.2) is 0 Å². The minimum Gasteiger partial charge on any atom is -0.347 e. The van der Waals surface area contributed by atoms with Crippen LogP contribution in [0.2, 0.25) is 0 Å². The first-order chi connectivity index (χ1) is 9.55. The summed E-state index contributed by atoms with van der Waals surface area (Å²) in [6.45, 7) is 5.65. The first-order valence-electron chi connectivity index (χ1n) is 7.25. The van der Waals surface area contributed by atoms with Crippen LogP contribution >= 0.6 is 0 Å². The smallest absolute Gasteiger partial charge is 0.0683 e. The zero-order chi connectivity index (χ0) is 14.6. The van der Waals surface area contributed by atoms with Crippen molar-refractivity contribution < 1.29 is 0 Å². The number of benzene rings is 1. The quantitative estimate of drug-likeness (QED) is 0.873. The molecule has 106 valence electrons. The Hall–Kier alpha value is -1.79. The summed E-state index contributed by atoms with van der Waals surface area (Å²) < 4.78 is 2.27. The van der Waals surface area contributed by atoms with Gasteiger partial charge in [-0.1, -0.05) is 6.07 Å². The van der Waals surface area contributed by atoms with Gasteiger partial charge in [0.15, 0.2) is 0 Å². The summed E-state index contributed by atoms with van der Waals surface area (Å²) in [5.41, 5.74) is 7.93. The van der Waals surface area contributed by atoms with Crippen LogP contribution in [0.5, 0.6) is 0 Å². The average Bonchev–Trinajstić information content (AvgIpc) is 2.82. The van der Waals surface area contributed by atoms with E-state index in [9.17, 15) is 0 Å². The van der Waals surface area contributed by atoms with Gasteiger partial charge < -0.3 is 10.3 Å². The Morgan fingerprint density at radius 1 is 1.30 bits per heavy atom. The molecule has 0 spiro atoms. The molecular weight excluding hydrogens is 246 g/mol. The molecule has 3 nitrogen and oxygen atoms in total. The van der Waals surface area contributed by atoms with Crippen LogP contribution in [0, 0.1) is 16.7 Å². The van der Waals surface area contributed by atoms with Crippen molar-refractivity contribution in [3.8, 4) is 6.07 Å². The molecule has 1 aromatic heterocycles. The second-order valence-corrected chi connectivity index (χ2v) is 6.04. The summed E-state index contributed by atoms with van der Waals surface area (Å²) in [5, 5.41) is 10.3.